The first-order chi connectivity index (χ1) is 14.3. The molecule has 6 nitrogen and oxygen atoms in total. The van der Waals surface area contributed by atoms with Crippen LogP contribution in [0, 0.1) is 11.8 Å². The van der Waals surface area contributed by atoms with Gasteiger partial charge in [-0.05, 0) is 55.7 Å². The molecule has 0 fully saturated rings. The molecule has 4 atom stereocenters. The van der Waals surface area contributed by atoms with Crippen molar-refractivity contribution in [3.05, 3.63) is 23.8 Å². The molecule has 0 aliphatic carbocycles. The summed E-state index contributed by atoms with van der Waals surface area (Å²) >= 11 is 0. The second-order valence-electron chi connectivity index (χ2n) is 8.57. The highest BCUT2D eigenvalue weighted by molar-refractivity contribution is 5.43. The van der Waals surface area contributed by atoms with Crippen LogP contribution in [0.15, 0.2) is 18.2 Å². The minimum Gasteiger partial charge on any atom is -0.493 e. The van der Waals surface area contributed by atoms with Crippen molar-refractivity contribution in [1.29, 1.82) is 0 Å². The number of hydrogen-bond donors (Lipinski definition) is 3. The third kappa shape index (κ3) is 9.65. The van der Waals surface area contributed by atoms with Gasteiger partial charge < -0.3 is 30.4 Å². The van der Waals surface area contributed by atoms with E-state index >= 15 is 0 Å². The molecule has 0 aliphatic rings. The summed E-state index contributed by atoms with van der Waals surface area (Å²) in [7, 11) is 3.34. The minimum atomic E-state index is -0.546. The summed E-state index contributed by atoms with van der Waals surface area (Å²) in [4.78, 5) is 0. The SMILES string of the molecule is CC[C@H](C)NC[C@H](O)[C@@H](N)C[C@H](Cc1ccc(OC)c(OCCCOC)c1)C(C)C. The number of aliphatic hydroxyl groups is 1. The Balaban J connectivity index is 2.75. The molecule has 0 saturated carbocycles. The van der Waals surface area contributed by atoms with Crippen LogP contribution in [0.3, 0.4) is 0 Å². The zero-order valence-corrected chi connectivity index (χ0v) is 19.8. The van der Waals surface area contributed by atoms with Crippen LogP contribution in [-0.4, -0.2) is 57.3 Å². The molecule has 0 bridgehead atoms. The van der Waals surface area contributed by atoms with E-state index in [4.69, 9.17) is 19.9 Å². The van der Waals surface area contributed by atoms with Crippen LogP contribution in [0.4, 0.5) is 0 Å². The smallest absolute Gasteiger partial charge is 0.161 e. The van der Waals surface area contributed by atoms with Gasteiger partial charge in [-0.3, -0.25) is 0 Å². The van der Waals surface area contributed by atoms with Gasteiger partial charge in [0.1, 0.15) is 0 Å². The number of nitrogens with two attached hydrogens (primary N) is 1. The summed E-state index contributed by atoms with van der Waals surface area (Å²) in [5, 5.41) is 13.8. The number of hydrogen-bond acceptors (Lipinski definition) is 6. The summed E-state index contributed by atoms with van der Waals surface area (Å²) in [6.45, 7) is 10.5. The predicted molar refractivity (Wildman–Crippen MR) is 123 cm³/mol. The Labute approximate surface area is 183 Å². The van der Waals surface area contributed by atoms with E-state index in [9.17, 15) is 5.11 Å². The molecular formula is C24H44N2O4. The summed E-state index contributed by atoms with van der Waals surface area (Å²) in [6.07, 6.45) is 2.97. The van der Waals surface area contributed by atoms with Crippen molar-refractivity contribution in [3.63, 3.8) is 0 Å². The summed E-state index contributed by atoms with van der Waals surface area (Å²) in [6, 6.07) is 6.24. The Bertz CT molecular complexity index is 582. The summed E-state index contributed by atoms with van der Waals surface area (Å²) < 4.78 is 16.4. The van der Waals surface area contributed by atoms with Gasteiger partial charge in [-0.25, -0.2) is 0 Å². The molecule has 1 aromatic rings. The molecule has 0 aromatic heterocycles. The highest BCUT2D eigenvalue weighted by atomic mass is 16.5. The fourth-order valence-corrected chi connectivity index (χ4v) is 3.36. The van der Waals surface area contributed by atoms with E-state index in [1.165, 1.54) is 5.56 Å². The van der Waals surface area contributed by atoms with Crippen molar-refractivity contribution >= 4 is 0 Å². The maximum Gasteiger partial charge on any atom is 0.161 e. The van der Waals surface area contributed by atoms with E-state index in [1.807, 2.05) is 6.07 Å². The van der Waals surface area contributed by atoms with E-state index in [0.29, 0.717) is 37.6 Å². The molecule has 0 amide bonds. The molecule has 0 aliphatic heterocycles. The largest absolute Gasteiger partial charge is 0.493 e. The zero-order chi connectivity index (χ0) is 22.5. The van der Waals surface area contributed by atoms with Gasteiger partial charge in [-0.1, -0.05) is 26.8 Å². The van der Waals surface area contributed by atoms with Gasteiger partial charge in [0, 0.05) is 38.8 Å². The lowest BCUT2D eigenvalue weighted by Crippen LogP contribution is -2.45. The molecule has 1 aromatic carbocycles. The van der Waals surface area contributed by atoms with Gasteiger partial charge in [0.25, 0.3) is 0 Å². The zero-order valence-electron chi connectivity index (χ0n) is 19.8. The fraction of sp³-hybridized carbons (Fsp3) is 0.750. The molecule has 0 spiro atoms. The Morgan fingerprint density at radius 3 is 2.43 bits per heavy atom. The fourth-order valence-electron chi connectivity index (χ4n) is 3.36. The van der Waals surface area contributed by atoms with Gasteiger partial charge in [-0.15, -0.1) is 0 Å². The highest BCUT2D eigenvalue weighted by Gasteiger charge is 2.23. The third-order valence-electron chi connectivity index (χ3n) is 5.78. The molecular weight excluding hydrogens is 380 g/mol. The number of aliphatic hydroxyl groups excluding tert-OH is 1. The van der Waals surface area contributed by atoms with Crippen LogP contribution in [-0.2, 0) is 11.2 Å². The molecule has 174 valence electrons. The molecule has 0 saturated heterocycles. The lowest BCUT2D eigenvalue weighted by atomic mass is 9.83. The van der Waals surface area contributed by atoms with Gasteiger partial charge in [0.2, 0.25) is 0 Å². The number of nitrogens with one attached hydrogen (secondary N) is 1. The van der Waals surface area contributed by atoms with E-state index in [0.717, 1.165) is 37.2 Å². The maximum absolute atomic E-state index is 10.5. The van der Waals surface area contributed by atoms with Crippen molar-refractivity contribution < 1.29 is 19.3 Å². The monoisotopic (exact) mass is 424 g/mol. The molecule has 0 unspecified atom stereocenters. The number of methoxy groups -OCH3 is 2. The van der Waals surface area contributed by atoms with Crippen molar-refractivity contribution in [2.75, 3.05) is 34.0 Å². The lowest BCUT2D eigenvalue weighted by molar-refractivity contribution is 0.121. The normalized spacial score (nSPS) is 15.6. The van der Waals surface area contributed by atoms with Crippen LogP contribution in [0.25, 0.3) is 0 Å². The molecule has 1 rings (SSSR count). The summed E-state index contributed by atoms with van der Waals surface area (Å²) in [5.41, 5.74) is 7.55. The average molecular weight is 425 g/mol. The standard InChI is InChI=1S/C24H44N2O4/c1-7-18(4)26-16-22(27)21(25)15-20(17(2)3)13-19-9-10-23(29-6)24(14-19)30-12-8-11-28-5/h9-10,14,17-18,20-22,26-27H,7-8,11-13,15-16,25H2,1-6H3/t18-,20-,21-,22-/m0/s1. The predicted octanol–water partition coefficient (Wildman–Crippen LogP) is 3.39. The van der Waals surface area contributed by atoms with Crippen LogP contribution in [0.1, 0.15) is 52.5 Å². The number of ether oxygens (including phenoxy) is 3. The van der Waals surface area contributed by atoms with Crippen LogP contribution < -0.4 is 20.5 Å². The Morgan fingerprint density at radius 2 is 1.83 bits per heavy atom. The molecule has 0 radical (unpaired) electrons. The van der Waals surface area contributed by atoms with E-state index in [1.54, 1.807) is 14.2 Å². The van der Waals surface area contributed by atoms with E-state index in [2.05, 4.69) is 45.1 Å². The number of benzene rings is 1. The van der Waals surface area contributed by atoms with E-state index in [-0.39, 0.29) is 6.04 Å². The van der Waals surface area contributed by atoms with Gasteiger partial charge >= 0.3 is 0 Å². The first kappa shape index (κ1) is 26.7. The quantitative estimate of drug-likeness (QED) is 0.353. The lowest BCUT2D eigenvalue weighted by Gasteiger charge is -2.28. The molecule has 4 N–H and O–H groups in total. The molecule has 6 heteroatoms. The van der Waals surface area contributed by atoms with E-state index < -0.39 is 6.10 Å². The Hall–Kier alpha value is -1.34. The Morgan fingerprint density at radius 1 is 1.10 bits per heavy atom. The van der Waals surface area contributed by atoms with Crippen molar-refractivity contribution in [2.45, 2.75) is 71.6 Å². The highest BCUT2D eigenvalue weighted by Crippen LogP contribution is 2.31. The topological polar surface area (TPSA) is 86.0 Å². The van der Waals surface area contributed by atoms with Crippen molar-refractivity contribution in [3.8, 4) is 11.5 Å². The third-order valence-corrected chi connectivity index (χ3v) is 5.78. The molecule has 30 heavy (non-hydrogen) atoms. The average Bonchev–Trinajstić information content (AvgIpc) is 2.74. The van der Waals surface area contributed by atoms with Crippen LogP contribution >= 0.6 is 0 Å². The van der Waals surface area contributed by atoms with Crippen molar-refractivity contribution in [1.82, 2.24) is 5.32 Å². The second kappa shape index (κ2) is 14.6. The van der Waals surface area contributed by atoms with Crippen molar-refractivity contribution in [2.24, 2.45) is 17.6 Å². The molecule has 0 heterocycles. The number of rotatable bonds is 16. The second-order valence-corrected chi connectivity index (χ2v) is 8.57. The first-order valence-electron chi connectivity index (χ1n) is 11.3. The summed E-state index contributed by atoms with van der Waals surface area (Å²) in [5.74, 6) is 2.32. The minimum absolute atomic E-state index is 0.253. The van der Waals surface area contributed by atoms with Gasteiger partial charge in [0.15, 0.2) is 11.5 Å². The van der Waals surface area contributed by atoms with Crippen LogP contribution in [0.5, 0.6) is 11.5 Å². The van der Waals surface area contributed by atoms with Gasteiger partial charge in [0.05, 0.1) is 19.8 Å². The Kier molecular flexibility index (Phi) is 13.0. The van der Waals surface area contributed by atoms with Crippen LogP contribution in [0.2, 0.25) is 0 Å². The first-order valence-corrected chi connectivity index (χ1v) is 11.3. The van der Waals surface area contributed by atoms with Gasteiger partial charge in [-0.2, -0.15) is 0 Å². The maximum atomic E-state index is 10.5.